The molecular weight excluding hydrogens is 528 g/mol. The first-order valence-corrected chi connectivity index (χ1v) is 12.8. The van der Waals surface area contributed by atoms with Crippen molar-refractivity contribution in [2.24, 2.45) is 5.73 Å². The van der Waals surface area contributed by atoms with Gasteiger partial charge in [0.1, 0.15) is 22.1 Å². The number of anilines is 1. The average molecular weight is 554 g/mol. The molecule has 0 bridgehead atoms. The van der Waals surface area contributed by atoms with Crippen molar-refractivity contribution in [3.63, 3.8) is 0 Å². The minimum absolute atomic E-state index is 0.0128. The van der Waals surface area contributed by atoms with Gasteiger partial charge in [-0.05, 0) is 51.5 Å². The number of hydrogen-bond donors (Lipinski definition) is 2. The van der Waals surface area contributed by atoms with Gasteiger partial charge in [-0.3, -0.25) is 19.0 Å². The Morgan fingerprint density at radius 2 is 1.87 bits per heavy atom. The van der Waals surface area contributed by atoms with Crippen LogP contribution in [0.1, 0.15) is 56.3 Å². The Labute approximate surface area is 225 Å². The number of halogens is 2. The van der Waals surface area contributed by atoms with Crippen molar-refractivity contribution >= 4 is 39.1 Å². The van der Waals surface area contributed by atoms with Gasteiger partial charge in [-0.25, -0.2) is 18.4 Å². The highest BCUT2D eigenvalue weighted by molar-refractivity contribution is 7.21. The molecular formula is C25H25F2N9O2S. The van der Waals surface area contributed by atoms with Gasteiger partial charge in [0.15, 0.2) is 5.69 Å². The summed E-state index contributed by atoms with van der Waals surface area (Å²) in [4.78, 5) is 29.9. The van der Waals surface area contributed by atoms with Gasteiger partial charge in [-0.15, -0.1) is 11.3 Å². The number of aromatic nitrogens is 7. The fourth-order valence-corrected chi connectivity index (χ4v) is 5.39. The lowest BCUT2D eigenvalue weighted by Crippen LogP contribution is -2.18. The van der Waals surface area contributed by atoms with Crippen LogP contribution in [0.2, 0.25) is 0 Å². The molecule has 0 fully saturated rings. The summed E-state index contributed by atoms with van der Waals surface area (Å²) in [5.41, 5.74) is 8.69. The minimum Gasteiger partial charge on any atom is -0.365 e. The Morgan fingerprint density at radius 1 is 1.10 bits per heavy atom. The molecule has 2 amide bonds. The van der Waals surface area contributed by atoms with E-state index >= 15 is 0 Å². The number of amides is 2. The van der Waals surface area contributed by atoms with Crippen molar-refractivity contribution in [1.82, 2.24) is 34.3 Å². The van der Waals surface area contributed by atoms with Crippen LogP contribution in [0.25, 0.3) is 21.3 Å². The SMILES string of the molecule is CCn1cc(-c2cc(C(F)F)nc3sc(C(N)=O)c(NC(=O)c4ccn(Cn5nc(C)cc5C)n4)c23)c(C)n1. The molecule has 11 nitrogen and oxygen atoms in total. The van der Waals surface area contributed by atoms with E-state index in [1.165, 1.54) is 12.1 Å². The van der Waals surface area contributed by atoms with Gasteiger partial charge in [-0.2, -0.15) is 15.3 Å². The third kappa shape index (κ3) is 4.90. The van der Waals surface area contributed by atoms with Crippen molar-refractivity contribution in [2.45, 2.75) is 47.3 Å². The van der Waals surface area contributed by atoms with E-state index < -0.39 is 23.9 Å². The van der Waals surface area contributed by atoms with Gasteiger partial charge in [0, 0.05) is 35.6 Å². The number of nitrogens with one attached hydrogen (secondary N) is 1. The third-order valence-corrected chi connectivity index (χ3v) is 7.28. The largest absolute Gasteiger partial charge is 0.365 e. The summed E-state index contributed by atoms with van der Waals surface area (Å²) in [5, 5.41) is 16.2. The molecule has 5 heterocycles. The average Bonchev–Trinajstić information content (AvgIpc) is 3.65. The summed E-state index contributed by atoms with van der Waals surface area (Å²) in [7, 11) is 0. The number of nitrogens with two attached hydrogens (primary N) is 1. The second-order valence-electron chi connectivity index (χ2n) is 8.99. The Balaban J connectivity index is 1.58. The molecule has 0 spiro atoms. The molecule has 3 N–H and O–H groups in total. The normalized spacial score (nSPS) is 11.6. The van der Waals surface area contributed by atoms with E-state index in [0.717, 1.165) is 22.7 Å². The lowest BCUT2D eigenvalue weighted by atomic mass is 10.0. The second-order valence-corrected chi connectivity index (χ2v) is 9.99. The number of carbonyl (C=O) groups is 2. The Bertz CT molecular complexity index is 1730. The number of hydrogen-bond acceptors (Lipinski definition) is 7. The summed E-state index contributed by atoms with van der Waals surface area (Å²) in [6.07, 6.45) is 0.516. The summed E-state index contributed by atoms with van der Waals surface area (Å²) in [5.74, 6) is -1.43. The Hall–Kier alpha value is -4.46. The highest BCUT2D eigenvalue weighted by Crippen LogP contribution is 2.43. The van der Waals surface area contributed by atoms with Gasteiger partial charge in [0.2, 0.25) is 0 Å². The zero-order valence-corrected chi connectivity index (χ0v) is 22.4. The van der Waals surface area contributed by atoms with E-state index in [1.54, 1.807) is 33.4 Å². The first-order chi connectivity index (χ1) is 18.5. The molecule has 0 radical (unpaired) electrons. The number of carbonyl (C=O) groups excluding carboxylic acids is 2. The van der Waals surface area contributed by atoms with Gasteiger partial charge < -0.3 is 11.1 Å². The molecule has 39 heavy (non-hydrogen) atoms. The van der Waals surface area contributed by atoms with Crippen molar-refractivity contribution in [1.29, 1.82) is 0 Å². The van der Waals surface area contributed by atoms with E-state index in [1.807, 2.05) is 26.8 Å². The van der Waals surface area contributed by atoms with Crippen LogP contribution in [0.3, 0.4) is 0 Å². The highest BCUT2D eigenvalue weighted by atomic mass is 32.1. The summed E-state index contributed by atoms with van der Waals surface area (Å²) < 4.78 is 32.6. The molecule has 0 unspecified atom stereocenters. The molecule has 0 saturated heterocycles. The maximum Gasteiger partial charge on any atom is 0.280 e. The van der Waals surface area contributed by atoms with E-state index in [2.05, 4.69) is 25.6 Å². The number of nitrogens with zero attached hydrogens (tertiary/aromatic N) is 7. The lowest BCUT2D eigenvalue weighted by molar-refractivity contribution is 0.100. The molecule has 0 aliphatic carbocycles. The quantitative estimate of drug-likeness (QED) is 0.294. The number of thiophene rings is 1. The van der Waals surface area contributed by atoms with Gasteiger partial charge >= 0.3 is 0 Å². The fraction of sp³-hybridized carbons (Fsp3) is 0.280. The maximum absolute atomic E-state index is 13.8. The summed E-state index contributed by atoms with van der Waals surface area (Å²) in [6.45, 7) is 8.32. The predicted octanol–water partition coefficient (Wildman–Crippen LogP) is 4.29. The number of primary amides is 1. The van der Waals surface area contributed by atoms with Crippen molar-refractivity contribution < 1.29 is 18.4 Å². The summed E-state index contributed by atoms with van der Waals surface area (Å²) >= 11 is 0.841. The van der Waals surface area contributed by atoms with E-state index in [9.17, 15) is 18.4 Å². The van der Waals surface area contributed by atoms with Gasteiger partial charge in [0.25, 0.3) is 18.2 Å². The van der Waals surface area contributed by atoms with Crippen LogP contribution in [-0.2, 0) is 13.2 Å². The van der Waals surface area contributed by atoms with Crippen molar-refractivity contribution in [3.8, 4) is 11.1 Å². The molecule has 5 rings (SSSR count). The zero-order valence-electron chi connectivity index (χ0n) is 21.6. The monoisotopic (exact) mass is 553 g/mol. The van der Waals surface area contributed by atoms with E-state index in [0.29, 0.717) is 35.4 Å². The Kier molecular flexibility index (Phi) is 6.72. The van der Waals surface area contributed by atoms with Crippen LogP contribution in [0.4, 0.5) is 14.5 Å². The van der Waals surface area contributed by atoms with Gasteiger partial charge in [-0.1, -0.05) is 0 Å². The summed E-state index contributed by atoms with van der Waals surface area (Å²) in [6, 6.07) is 4.72. The maximum atomic E-state index is 13.8. The van der Waals surface area contributed by atoms with Crippen LogP contribution >= 0.6 is 11.3 Å². The smallest absolute Gasteiger partial charge is 0.280 e. The van der Waals surface area contributed by atoms with E-state index in [4.69, 9.17) is 5.73 Å². The molecule has 0 saturated carbocycles. The zero-order chi connectivity index (χ0) is 28.0. The predicted molar refractivity (Wildman–Crippen MR) is 142 cm³/mol. The minimum atomic E-state index is -2.85. The van der Waals surface area contributed by atoms with Gasteiger partial charge in [0.05, 0.1) is 17.1 Å². The number of rotatable bonds is 8. The molecule has 0 aromatic carbocycles. The first kappa shape index (κ1) is 26.2. The standard InChI is InChI=1S/C25H25F2N9O2S/c1-5-34-10-16(14(4)32-34)15-9-18(22(26)27)29-25-19(15)20(21(39-25)23(28)37)30-24(38)17-6-7-35(33-17)11-36-13(3)8-12(2)31-36/h6-10,22H,5,11H2,1-4H3,(H2,28,37)(H,30,38). The van der Waals surface area contributed by atoms with Crippen molar-refractivity contribution in [3.05, 3.63) is 63.9 Å². The first-order valence-electron chi connectivity index (χ1n) is 12.0. The number of aryl methyl sites for hydroxylation is 4. The van der Waals surface area contributed by atoms with Crippen LogP contribution in [-0.4, -0.2) is 46.1 Å². The number of pyridine rings is 1. The van der Waals surface area contributed by atoms with Crippen LogP contribution in [0, 0.1) is 20.8 Å². The third-order valence-electron chi connectivity index (χ3n) is 6.18. The molecule has 202 valence electrons. The molecule has 0 aliphatic rings. The van der Waals surface area contributed by atoms with Crippen LogP contribution in [0.15, 0.2) is 30.6 Å². The molecule has 5 aromatic rings. The number of alkyl halides is 2. The van der Waals surface area contributed by atoms with Crippen molar-refractivity contribution in [2.75, 3.05) is 5.32 Å². The van der Waals surface area contributed by atoms with Crippen LogP contribution < -0.4 is 11.1 Å². The molecule has 5 aromatic heterocycles. The number of fused-ring (bicyclic) bond motifs is 1. The van der Waals surface area contributed by atoms with E-state index in [-0.39, 0.29) is 21.1 Å². The fourth-order valence-electron chi connectivity index (χ4n) is 4.37. The highest BCUT2D eigenvalue weighted by Gasteiger charge is 2.27. The molecule has 0 aliphatic heterocycles. The topological polar surface area (TPSA) is 139 Å². The second kappa shape index (κ2) is 10.0. The lowest BCUT2D eigenvalue weighted by Gasteiger charge is -2.10. The Morgan fingerprint density at radius 3 is 2.49 bits per heavy atom. The van der Waals surface area contributed by atoms with Crippen LogP contribution in [0.5, 0.6) is 0 Å². The molecule has 14 heteroatoms. The molecule has 0 atom stereocenters.